The van der Waals surface area contributed by atoms with E-state index < -0.39 is 0 Å². The molecule has 0 fully saturated rings. The molecule has 5 nitrogen and oxygen atoms in total. The number of furan rings is 1. The minimum atomic E-state index is -0.117. The third kappa shape index (κ3) is 4.93. The first kappa shape index (κ1) is 16.1. The topological polar surface area (TPSA) is 48.7 Å². The van der Waals surface area contributed by atoms with Gasteiger partial charge in [0, 0.05) is 20.1 Å². The van der Waals surface area contributed by atoms with E-state index in [9.17, 15) is 4.79 Å². The van der Waals surface area contributed by atoms with Gasteiger partial charge >= 0.3 is 6.03 Å². The number of hydrogen-bond donors (Lipinski definition) is 1. The van der Waals surface area contributed by atoms with E-state index in [2.05, 4.69) is 22.3 Å². The van der Waals surface area contributed by atoms with Gasteiger partial charge in [0.05, 0.1) is 12.8 Å². The molecule has 2 aromatic rings. The molecule has 0 saturated carbocycles. The summed E-state index contributed by atoms with van der Waals surface area (Å²) in [7, 11) is 5.84. The van der Waals surface area contributed by atoms with Gasteiger partial charge in [0.2, 0.25) is 0 Å². The van der Waals surface area contributed by atoms with Gasteiger partial charge in [-0.15, -0.1) is 0 Å². The highest BCUT2D eigenvalue weighted by Gasteiger charge is 2.09. The Bertz CT molecular complexity index is 576. The monoisotopic (exact) mass is 301 g/mol. The van der Waals surface area contributed by atoms with Crippen LogP contribution >= 0.6 is 0 Å². The van der Waals surface area contributed by atoms with E-state index in [-0.39, 0.29) is 6.03 Å². The van der Waals surface area contributed by atoms with Gasteiger partial charge < -0.3 is 19.5 Å². The van der Waals surface area contributed by atoms with E-state index >= 15 is 0 Å². The van der Waals surface area contributed by atoms with Crippen molar-refractivity contribution in [2.24, 2.45) is 0 Å². The Labute approximate surface area is 131 Å². The van der Waals surface area contributed by atoms with Gasteiger partial charge in [-0.3, -0.25) is 0 Å². The molecule has 0 aliphatic rings. The number of amides is 2. The molecule has 2 rings (SSSR count). The van der Waals surface area contributed by atoms with Crippen LogP contribution in [0.15, 0.2) is 47.1 Å². The fourth-order valence-corrected chi connectivity index (χ4v) is 2.15. The Kier molecular flexibility index (Phi) is 5.61. The molecular weight excluding hydrogens is 278 g/mol. The van der Waals surface area contributed by atoms with E-state index in [0.29, 0.717) is 13.1 Å². The Morgan fingerprint density at radius 2 is 1.73 bits per heavy atom. The average Bonchev–Trinajstić information content (AvgIpc) is 2.98. The summed E-state index contributed by atoms with van der Waals surface area (Å²) < 4.78 is 5.24. The van der Waals surface area contributed by atoms with E-state index in [1.807, 2.05) is 38.4 Å². The predicted octanol–water partition coefficient (Wildman–Crippen LogP) is 2.68. The van der Waals surface area contributed by atoms with Crippen molar-refractivity contribution in [3.8, 4) is 0 Å². The Morgan fingerprint density at radius 3 is 2.32 bits per heavy atom. The lowest BCUT2D eigenvalue weighted by atomic mass is 10.1. The van der Waals surface area contributed by atoms with Crippen molar-refractivity contribution in [2.75, 3.05) is 21.1 Å². The first-order valence-corrected chi connectivity index (χ1v) is 7.28. The lowest BCUT2D eigenvalue weighted by Gasteiger charge is -2.17. The van der Waals surface area contributed by atoms with Gasteiger partial charge in [-0.1, -0.05) is 24.3 Å². The van der Waals surface area contributed by atoms with Gasteiger partial charge in [0.25, 0.3) is 0 Å². The number of benzene rings is 1. The maximum absolute atomic E-state index is 12.0. The SMILES string of the molecule is CN(C)Cc1ccc(CNC(=O)N(C)Cc2ccco2)cc1. The summed E-state index contributed by atoms with van der Waals surface area (Å²) in [5.74, 6) is 0.769. The Morgan fingerprint density at radius 1 is 1.05 bits per heavy atom. The van der Waals surface area contributed by atoms with Crippen LogP contribution in [-0.4, -0.2) is 37.0 Å². The Hall–Kier alpha value is -2.27. The van der Waals surface area contributed by atoms with Crippen molar-refractivity contribution in [3.05, 3.63) is 59.5 Å². The Balaban J connectivity index is 1.80. The van der Waals surface area contributed by atoms with Crippen LogP contribution in [0.25, 0.3) is 0 Å². The maximum atomic E-state index is 12.0. The highest BCUT2D eigenvalue weighted by Crippen LogP contribution is 2.07. The summed E-state index contributed by atoms with van der Waals surface area (Å²) in [6, 6.07) is 11.8. The van der Waals surface area contributed by atoms with E-state index in [1.165, 1.54) is 5.56 Å². The number of rotatable bonds is 6. The second-order valence-electron chi connectivity index (χ2n) is 5.65. The summed E-state index contributed by atoms with van der Waals surface area (Å²) in [5.41, 5.74) is 2.34. The van der Waals surface area contributed by atoms with Crippen molar-refractivity contribution in [1.82, 2.24) is 15.1 Å². The molecule has 2 amide bonds. The predicted molar refractivity (Wildman–Crippen MR) is 86.2 cm³/mol. The molecule has 0 radical (unpaired) electrons. The number of carbonyl (C=O) groups is 1. The standard InChI is InChI=1S/C17H23N3O2/c1-19(2)12-15-8-6-14(7-9-15)11-18-17(21)20(3)13-16-5-4-10-22-16/h4-10H,11-13H2,1-3H3,(H,18,21). The maximum Gasteiger partial charge on any atom is 0.317 e. The number of nitrogens with one attached hydrogen (secondary N) is 1. The molecule has 1 heterocycles. The molecular formula is C17H23N3O2. The lowest BCUT2D eigenvalue weighted by molar-refractivity contribution is 0.202. The number of carbonyl (C=O) groups excluding carboxylic acids is 1. The molecule has 1 N–H and O–H groups in total. The second-order valence-corrected chi connectivity index (χ2v) is 5.65. The highest BCUT2D eigenvalue weighted by atomic mass is 16.3. The molecule has 1 aromatic carbocycles. The molecule has 0 atom stereocenters. The first-order valence-electron chi connectivity index (χ1n) is 7.28. The molecule has 0 bridgehead atoms. The van der Waals surface area contributed by atoms with Crippen molar-refractivity contribution in [3.63, 3.8) is 0 Å². The third-order valence-corrected chi connectivity index (χ3v) is 3.29. The van der Waals surface area contributed by atoms with Crippen molar-refractivity contribution in [2.45, 2.75) is 19.6 Å². The number of urea groups is 1. The zero-order valence-electron chi connectivity index (χ0n) is 13.4. The quantitative estimate of drug-likeness (QED) is 0.892. The summed E-state index contributed by atoms with van der Waals surface area (Å²) in [4.78, 5) is 15.7. The average molecular weight is 301 g/mol. The van der Waals surface area contributed by atoms with Crippen LogP contribution in [0.5, 0.6) is 0 Å². The molecule has 5 heteroatoms. The normalized spacial score (nSPS) is 10.7. The fourth-order valence-electron chi connectivity index (χ4n) is 2.15. The molecule has 1 aromatic heterocycles. The van der Waals surface area contributed by atoms with Crippen LogP contribution in [0.2, 0.25) is 0 Å². The summed E-state index contributed by atoms with van der Waals surface area (Å²) in [6.45, 7) is 1.89. The molecule has 118 valence electrons. The van der Waals surface area contributed by atoms with Crippen LogP contribution in [0.1, 0.15) is 16.9 Å². The zero-order chi connectivity index (χ0) is 15.9. The van der Waals surface area contributed by atoms with E-state index in [0.717, 1.165) is 17.9 Å². The minimum absolute atomic E-state index is 0.117. The first-order chi connectivity index (χ1) is 10.5. The molecule has 0 aliphatic carbocycles. The summed E-state index contributed by atoms with van der Waals surface area (Å²) in [6.07, 6.45) is 1.61. The fraction of sp³-hybridized carbons (Fsp3) is 0.353. The summed E-state index contributed by atoms with van der Waals surface area (Å²) >= 11 is 0. The smallest absolute Gasteiger partial charge is 0.317 e. The van der Waals surface area contributed by atoms with Crippen molar-refractivity contribution >= 4 is 6.03 Å². The highest BCUT2D eigenvalue weighted by molar-refractivity contribution is 5.73. The summed E-state index contributed by atoms with van der Waals surface area (Å²) in [5, 5.41) is 2.91. The van der Waals surface area contributed by atoms with Crippen molar-refractivity contribution in [1.29, 1.82) is 0 Å². The van der Waals surface area contributed by atoms with Gasteiger partial charge in [0.1, 0.15) is 5.76 Å². The van der Waals surface area contributed by atoms with E-state index in [1.54, 1.807) is 18.2 Å². The van der Waals surface area contributed by atoms with Crippen LogP contribution in [-0.2, 0) is 19.6 Å². The largest absolute Gasteiger partial charge is 0.467 e. The van der Waals surface area contributed by atoms with E-state index in [4.69, 9.17) is 4.42 Å². The van der Waals surface area contributed by atoms with Crippen LogP contribution < -0.4 is 5.32 Å². The van der Waals surface area contributed by atoms with Gasteiger partial charge in [-0.05, 0) is 37.4 Å². The van der Waals surface area contributed by atoms with Crippen LogP contribution in [0.3, 0.4) is 0 Å². The zero-order valence-corrected chi connectivity index (χ0v) is 13.4. The molecule has 0 spiro atoms. The van der Waals surface area contributed by atoms with Crippen LogP contribution in [0.4, 0.5) is 4.79 Å². The number of nitrogens with zero attached hydrogens (tertiary/aromatic N) is 2. The van der Waals surface area contributed by atoms with Crippen LogP contribution in [0, 0.1) is 0 Å². The molecule has 0 saturated heterocycles. The molecule has 0 aliphatic heterocycles. The second kappa shape index (κ2) is 7.66. The molecule has 22 heavy (non-hydrogen) atoms. The third-order valence-electron chi connectivity index (χ3n) is 3.29. The molecule has 0 unspecified atom stereocenters. The van der Waals surface area contributed by atoms with Gasteiger partial charge in [-0.2, -0.15) is 0 Å². The van der Waals surface area contributed by atoms with Gasteiger partial charge in [-0.25, -0.2) is 4.79 Å². The minimum Gasteiger partial charge on any atom is -0.467 e. The van der Waals surface area contributed by atoms with Gasteiger partial charge in [0.15, 0.2) is 0 Å². The lowest BCUT2D eigenvalue weighted by Crippen LogP contribution is -2.36. The van der Waals surface area contributed by atoms with Crippen molar-refractivity contribution < 1.29 is 9.21 Å². The number of hydrogen-bond acceptors (Lipinski definition) is 3.